The lowest BCUT2D eigenvalue weighted by Crippen LogP contribution is -2.39. The van der Waals surface area contributed by atoms with Crippen LogP contribution in [0.25, 0.3) is 0 Å². The maximum absolute atomic E-state index is 12.1. The van der Waals surface area contributed by atoms with Crippen LogP contribution in [-0.2, 0) is 11.3 Å². The van der Waals surface area contributed by atoms with Gasteiger partial charge in [-0.3, -0.25) is 9.88 Å². The van der Waals surface area contributed by atoms with Crippen molar-refractivity contribution in [2.45, 2.75) is 50.4 Å². The predicted molar refractivity (Wildman–Crippen MR) is 91.5 cm³/mol. The zero-order valence-electron chi connectivity index (χ0n) is 14.6. The molecule has 1 fully saturated rings. The van der Waals surface area contributed by atoms with Crippen LogP contribution in [0.1, 0.15) is 32.9 Å². The van der Waals surface area contributed by atoms with Gasteiger partial charge in [-0.2, -0.15) is 0 Å². The van der Waals surface area contributed by atoms with E-state index >= 15 is 0 Å². The molecule has 1 saturated heterocycles. The van der Waals surface area contributed by atoms with Gasteiger partial charge in [0.2, 0.25) is 0 Å². The van der Waals surface area contributed by atoms with Crippen molar-refractivity contribution < 1.29 is 9.53 Å². The number of amides is 1. The molecule has 7 heteroatoms. The number of hydrogen-bond donors (Lipinski definition) is 0. The number of aromatic nitrogens is 2. The van der Waals surface area contributed by atoms with Gasteiger partial charge >= 0.3 is 6.09 Å². The highest BCUT2D eigenvalue weighted by atomic mass is 32.2. The zero-order chi connectivity index (χ0) is 17.0. The van der Waals surface area contributed by atoms with Crippen molar-refractivity contribution in [2.75, 3.05) is 26.4 Å². The highest BCUT2D eigenvalue weighted by Gasteiger charge is 2.31. The Kier molecular flexibility index (Phi) is 5.86. The standard InChI is InChI=1S/C16H26N4O2S/c1-16(2,3)22-15(21)20-9-6-12(10-20)19(4)11-13-14(23-5)18-8-7-17-13/h7-8,12H,6,9-11H2,1-5H3/t12-/m0/s1. The monoisotopic (exact) mass is 338 g/mol. The first-order valence-corrected chi connectivity index (χ1v) is 9.04. The normalized spacial score (nSPS) is 18.5. The summed E-state index contributed by atoms with van der Waals surface area (Å²) in [6.45, 7) is 7.84. The van der Waals surface area contributed by atoms with Gasteiger partial charge in [0.05, 0.1) is 5.69 Å². The molecular formula is C16H26N4O2S. The molecule has 0 aromatic carbocycles. The number of carbonyl (C=O) groups is 1. The van der Waals surface area contributed by atoms with E-state index in [-0.39, 0.29) is 6.09 Å². The predicted octanol–water partition coefficient (Wildman–Crippen LogP) is 2.64. The molecule has 0 aliphatic carbocycles. The first-order chi connectivity index (χ1) is 10.8. The summed E-state index contributed by atoms with van der Waals surface area (Å²) in [5, 5.41) is 0.960. The summed E-state index contributed by atoms with van der Waals surface area (Å²) in [6.07, 6.45) is 6.18. The van der Waals surface area contributed by atoms with Crippen LogP contribution in [0.2, 0.25) is 0 Å². The maximum Gasteiger partial charge on any atom is 0.410 e. The van der Waals surface area contributed by atoms with Crippen LogP contribution >= 0.6 is 11.8 Å². The molecule has 1 amide bonds. The van der Waals surface area contributed by atoms with Crippen LogP contribution < -0.4 is 0 Å². The molecular weight excluding hydrogens is 312 g/mol. The Bertz CT molecular complexity index is 547. The largest absolute Gasteiger partial charge is 0.444 e. The number of nitrogens with zero attached hydrogens (tertiary/aromatic N) is 4. The average molecular weight is 338 g/mol. The van der Waals surface area contributed by atoms with Gasteiger partial charge in [-0.25, -0.2) is 9.78 Å². The molecule has 1 aromatic rings. The molecule has 1 aromatic heterocycles. The van der Waals surface area contributed by atoms with Crippen LogP contribution in [0.5, 0.6) is 0 Å². The average Bonchev–Trinajstić information content (AvgIpc) is 2.96. The molecule has 1 atom stereocenters. The number of carbonyl (C=O) groups excluding carboxylic acids is 1. The summed E-state index contributed by atoms with van der Waals surface area (Å²) in [7, 11) is 2.07. The summed E-state index contributed by atoms with van der Waals surface area (Å²) in [6, 6.07) is 0.319. The fourth-order valence-corrected chi connectivity index (χ4v) is 3.11. The van der Waals surface area contributed by atoms with E-state index < -0.39 is 5.60 Å². The van der Waals surface area contributed by atoms with Crippen molar-refractivity contribution >= 4 is 17.9 Å². The third-order valence-corrected chi connectivity index (χ3v) is 4.49. The maximum atomic E-state index is 12.1. The second-order valence-corrected chi connectivity index (χ2v) is 7.59. The minimum Gasteiger partial charge on any atom is -0.444 e. The van der Waals surface area contributed by atoms with Crippen LogP contribution in [0.3, 0.4) is 0 Å². The van der Waals surface area contributed by atoms with Gasteiger partial charge in [0.1, 0.15) is 10.6 Å². The van der Waals surface area contributed by atoms with E-state index in [1.54, 1.807) is 29.1 Å². The molecule has 0 N–H and O–H groups in total. The molecule has 2 rings (SSSR count). The zero-order valence-corrected chi connectivity index (χ0v) is 15.4. The van der Waals surface area contributed by atoms with Gasteiger partial charge < -0.3 is 9.64 Å². The Labute approximate surface area is 142 Å². The highest BCUT2D eigenvalue weighted by molar-refractivity contribution is 7.98. The third kappa shape index (κ3) is 5.07. The molecule has 128 valence electrons. The van der Waals surface area contributed by atoms with Gasteiger partial charge in [-0.1, -0.05) is 0 Å². The molecule has 0 saturated carbocycles. The van der Waals surface area contributed by atoms with Crippen molar-refractivity contribution in [1.29, 1.82) is 0 Å². The minimum atomic E-state index is -0.450. The number of thioether (sulfide) groups is 1. The Balaban J connectivity index is 1.92. The van der Waals surface area contributed by atoms with Gasteiger partial charge in [-0.15, -0.1) is 11.8 Å². The number of hydrogen-bond acceptors (Lipinski definition) is 6. The molecule has 0 spiro atoms. The lowest BCUT2D eigenvalue weighted by Gasteiger charge is -2.26. The second-order valence-electron chi connectivity index (χ2n) is 6.80. The molecule has 6 nitrogen and oxygen atoms in total. The number of likely N-dealkylation sites (tertiary alicyclic amines) is 1. The number of rotatable bonds is 4. The Hall–Kier alpha value is -1.34. The first-order valence-electron chi connectivity index (χ1n) is 7.82. The van der Waals surface area contributed by atoms with Gasteiger partial charge in [0.25, 0.3) is 0 Å². The van der Waals surface area contributed by atoms with Gasteiger partial charge in [-0.05, 0) is 40.5 Å². The van der Waals surface area contributed by atoms with E-state index in [4.69, 9.17) is 4.74 Å². The van der Waals surface area contributed by atoms with E-state index in [1.165, 1.54) is 0 Å². The smallest absolute Gasteiger partial charge is 0.410 e. The van der Waals surface area contributed by atoms with Crippen molar-refractivity contribution in [3.8, 4) is 0 Å². The third-order valence-electron chi connectivity index (χ3n) is 3.77. The van der Waals surface area contributed by atoms with Crippen LogP contribution in [0.15, 0.2) is 17.4 Å². The summed E-state index contributed by atoms with van der Waals surface area (Å²) in [5.74, 6) is 0. The summed E-state index contributed by atoms with van der Waals surface area (Å²) < 4.78 is 5.45. The summed E-state index contributed by atoms with van der Waals surface area (Å²) in [4.78, 5) is 25.0. The molecule has 0 radical (unpaired) electrons. The Morgan fingerprint density at radius 3 is 2.78 bits per heavy atom. The van der Waals surface area contributed by atoms with Crippen molar-refractivity contribution in [3.05, 3.63) is 18.1 Å². The lowest BCUT2D eigenvalue weighted by atomic mass is 10.2. The Morgan fingerprint density at radius 1 is 1.43 bits per heavy atom. The first kappa shape index (κ1) is 18.0. The molecule has 0 bridgehead atoms. The fraction of sp³-hybridized carbons (Fsp3) is 0.688. The molecule has 23 heavy (non-hydrogen) atoms. The number of likely N-dealkylation sites (N-methyl/N-ethyl adjacent to an activating group) is 1. The highest BCUT2D eigenvalue weighted by Crippen LogP contribution is 2.21. The van der Waals surface area contributed by atoms with Crippen LogP contribution in [0, 0.1) is 0 Å². The van der Waals surface area contributed by atoms with Crippen molar-refractivity contribution in [3.63, 3.8) is 0 Å². The molecule has 2 heterocycles. The number of ether oxygens (including phenoxy) is 1. The second kappa shape index (κ2) is 7.49. The minimum absolute atomic E-state index is 0.224. The lowest BCUT2D eigenvalue weighted by molar-refractivity contribution is 0.0282. The Morgan fingerprint density at radius 2 is 2.13 bits per heavy atom. The van der Waals surface area contributed by atoms with Crippen LogP contribution in [-0.4, -0.2) is 63.9 Å². The van der Waals surface area contributed by atoms with E-state index in [1.807, 2.05) is 27.0 Å². The van der Waals surface area contributed by atoms with Gasteiger partial charge in [0.15, 0.2) is 0 Å². The van der Waals surface area contributed by atoms with Gasteiger partial charge in [0, 0.05) is 38.1 Å². The molecule has 1 aliphatic heterocycles. The van der Waals surface area contributed by atoms with Crippen LogP contribution in [0.4, 0.5) is 4.79 Å². The summed E-state index contributed by atoms with van der Waals surface area (Å²) >= 11 is 1.61. The topological polar surface area (TPSA) is 58.6 Å². The molecule has 1 aliphatic rings. The molecule has 0 unspecified atom stereocenters. The van der Waals surface area contributed by atoms with E-state index in [9.17, 15) is 4.79 Å². The van der Waals surface area contributed by atoms with E-state index in [2.05, 4.69) is 21.9 Å². The van der Waals surface area contributed by atoms with E-state index in [0.717, 1.165) is 30.2 Å². The van der Waals surface area contributed by atoms with E-state index in [0.29, 0.717) is 12.6 Å². The van der Waals surface area contributed by atoms with Crippen molar-refractivity contribution in [2.24, 2.45) is 0 Å². The SMILES string of the molecule is CSc1nccnc1CN(C)[C@H]1CCN(C(=O)OC(C)(C)C)C1. The summed E-state index contributed by atoms with van der Waals surface area (Å²) in [5.41, 5.74) is 0.534. The fourth-order valence-electron chi connectivity index (χ4n) is 2.59. The van der Waals surface area contributed by atoms with Crippen molar-refractivity contribution in [1.82, 2.24) is 19.8 Å². The quantitative estimate of drug-likeness (QED) is 0.787.